The maximum atomic E-state index is 12.9. The number of pyridine rings is 2. The van der Waals surface area contributed by atoms with Crippen LogP contribution in [0.15, 0.2) is 116 Å². The molecule has 7 aromatic rings. The summed E-state index contributed by atoms with van der Waals surface area (Å²) in [6, 6.07) is 31.8. The lowest BCUT2D eigenvalue weighted by molar-refractivity contribution is 0.0488. The second-order valence-electron chi connectivity index (χ2n) is 16.8. The Morgan fingerprint density at radius 2 is 1.25 bits per heavy atom. The Morgan fingerprint density at radius 3 is 1.84 bits per heavy atom. The molecule has 8 heteroatoms. The summed E-state index contributed by atoms with van der Waals surface area (Å²) in [5.74, 6) is 0.631. The Kier molecular flexibility index (Phi) is 13.7. The maximum Gasteiger partial charge on any atom is 0.340 e. The lowest BCUT2D eigenvalue weighted by atomic mass is 10.0. The van der Waals surface area contributed by atoms with Crippen LogP contribution in [0.5, 0.6) is 0 Å². The molecule has 0 aliphatic heterocycles. The monoisotopic (exact) mass is 814 g/mol. The van der Waals surface area contributed by atoms with Crippen molar-refractivity contribution < 1.29 is 19.1 Å². The van der Waals surface area contributed by atoms with E-state index in [2.05, 4.69) is 113 Å². The van der Waals surface area contributed by atoms with Crippen molar-refractivity contribution in [1.82, 2.24) is 19.5 Å². The zero-order chi connectivity index (χ0) is 42.0. The van der Waals surface area contributed by atoms with Crippen molar-refractivity contribution in [2.75, 3.05) is 13.2 Å². The minimum atomic E-state index is -0.244. The lowest BCUT2D eigenvalue weighted by Crippen LogP contribution is -2.12. The van der Waals surface area contributed by atoms with Crippen molar-refractivity contribution in [3.05, 3.63) is 166 Å². The summed E-state index contributed by atoms with van der Waals surface area (Å²) in [5, 5.41) is 2.40. The van der Waals surface area contributed by atoms with E-state index in [9.17, 15) is 9.59 Å². The van der Waals surface area contributed by atoms with Gasteiger partial charge in [-0.3, -0.25) is 9.97 Å². The number of aryl methyl sites for hydroxylation is 2. The first-order valence-corrected chi connectivity index (χ1v) is 22.4. The molecule has 0 spiro atoms. The van der Waals surface area contributed by atoms with Crippen LogP contribution in [0.4, 0.5) is 0 Å². The third-order valence-corrected chi connectivity index (χ3v) is 11.9. The summed E-state index contributed by atoms with van der Waals surface area (Å²) < 4.78 is 13.4. The molecule has 2 aliphatic carbocycles. The largest absolute Gasteiger partial charge is 0.462 e. The molecule has 2 saturated carbocycles. The average Bonchev–Trinajstić information content (AvgIpc) is 4.23. The maximum absolute atomic E-state index is 12.9. The number of hydrogen-bond donors (Lipinski definition) is 1. The number of hydrogen-bond acceptors (Lipinski definition) is 6. The highest BCUT2D eigenvalue weighted by atomic mass is 16.5. The van der Waals surface area contributed by atoms with Crippen LogP contribution in [0, 0.1) is 0 Å². The number of carbonyl (C=O) groups excluding carboxylic acids is 2. The van der Waals surface area contributed by atoms with E-state index in [0.717, 1.165) is 78.7 Å². The SMILES string of the molecule is CCCCOC(=O)c1cc(C2CC2)cnc1Cc1ccc2[nH]ccc2c1.CCCCOC(=O)c1cc(C2CC2)cnc1Cc1ccc2c(ccn2CCCc2ccccc2)c1. The van der Waals surface area contributed by atoms with E-state index in [-0.39, 0.29) is 11.9 Å². The number of ether oxygens (including phenoxy) is 2. The molecule has 0 unspecified atom stereocenters. The molecule has 2 fully saturated rings. The summed E-state index contributed by atoms with van der Waals surface area (Å²) in [6.45, 7) is 6.12. The fourth-order valence-electron chi connectivity index (χ4n) is 7.96. The fourth-order valence-corrected chi connectivity index (χ4v) is 7.96. The van der Waals surface area contributed by atoms with E-state index < -0.39 is 0 Å². The zero-order valence-electron chi connectivity index (χ0n) is 35.7. The van der Waals surface area contributed by atoms with Gasteiger partial charge in [0, 0.05) is 55.2 Å². The third-order valence-electron chi connectivity index (χ3n) is 11.9. The standard InChI is InChI=1S/C31H34N2O2.C22H24N2O2/c1-2-3-18-35-31(34)28-21-27(25-12-13-25)22-32-29(28)20-24-11-14-30-26(19-24)15-17-33(30)16-7-10-23-8-5-4-6-9-23;1-2-3-10-26-22(25)19-13-18(16-5-6-16)14-24-21(19)12-15-4-7-20-17(11-15)8-9-23-20/h4-6,8-9,11,14-15,17,19,21-22,25H,2-3,7,10,12-13,16,18,20H2,1H3;4,7-9,11,13-14,16,23H,2-3,5-6,10,12H2,1H3. The Hall–Kier alpha value is -6.02. The van der Waals surface area contributed by atoms with Crippen molar-refractivity contribution in [1.29, 1.82) is 0 Å². The van der Waals surface area contributed by atoms with Gasteiger partial charge < -0.3 is 19.0 Å². The third kappa shape index (κ3) is 11.0. The van der Waals surface area contributed by atoms with E-state index in [1.165, 1.54) is 53.1 Å². The lowest BCUT2D eigenvalue weighted by Gasteiger charge is -2.11. The molecular formula is C53H58N4O4. The summed E-state index contributed by atoms with van der Waals surface area (Å²) in [7, 11) is 0. The van der Waals surface area contributed by atoms with Crippen LogP contribution in [0.1, 0.15) is 143 Å². The number of fused-ring (bicyclic) bond motifs is 2. The Morgan fingerprint density at radius 1 is 0.656 bits per heavy atom. The molecule has 0 saturated heterocycles. The number of aromatic amines is 1. The van der Waals surface area contributed by atoms with Gasteiger partial charge in [-0.05, 0) is 150 Å². The molecule has 0 radical (unpaired) electrons. The van der Waals surface area contributed by atoms with Crippen LogP contribution < -0.4 is 0 Å². The van der Waals surface area contributed by atoms with Gasteiger partial charge in [-0.2, -0.15) is 0 Å². The molecular weight excluding hydrogens is 757 g/mol. The van der Waals surface area contributed by atoms with E-state index in [1.807, 2.05) is 30.7 Å². The van der Waals surface area contributed by atoms with Gasteiger partial charge in [0.15, 0.2) is 0 Å². The Labute approximate surface area is 359 Å². The van der Waals surface area contributed by atoms with Gasteiger partial charge in [0.2, 0.25) is 0 Å². The second-order valence-corrected chi connectivity index (χ2v) is 16.8. The van der Waals surface area contributed by atoms with Gasteiger partial charge in [-0.15, -0.1) is 0 Å². The van der Waals surface area contributed by atoms with Gasteiger partial charge in [0.1, 0.15) is 0 Å². The minimum Gasteiger partial charge on any atom is -0.462 e. The fraction of sp³-hybridized carbons (Fsp3) is 0.358. The predicted molar refractivity (Wildman–Crippen MR) is 243 cm³/mol. The Balaban J connectivity index is 0.000000176. The van der Waals surface area contributed by atoms with Crippen molar-refractivity contribution in [3.63, 3.8) is 0 Å². The van der Waals surface area contributed by atoms with E-state index >= 15 is 0 Å². The first-order chi connectivity index (χ1) is 29.9. The summed E-state index contributed by atoms with van der Waals surface area (Å²) in [4.78, 5) is 38.1. The van der Waals surface area contributed by atoms with E-state index in [0.29, 0.717) is 49.0 Å². The first kappa shape index (κ1) is 41.7. The number of rotatable bonds is 18. The van der Waals surface area contributed by atoms with Crippen LogP contribution in [-0.4, -0.2) is 44.7 Å². The van der Waals surface area contributed by atoms with Crippen LogP contribution in [0.25, 0.3) is 21.8 Å². The summed E-state index contributed by atoms with van der Waals surface area (Å²) >= 11 is 0. The van der Waals surface area contributed by atoms with Crippen LogP contribution in [-0.2, 0) is 35.3 Å². The highest BCUT2D eigenvalue weighted by molar-refractivity contribution is 5.92. The van der Waals surface area contributed by atoms with Crippen LogP contribution in [0.3, 0.4) is 0 Å². The first-order valence-electron chi connectivity index (χ1n) is 22.4. The molecule has 4 aromatic heterocycles. The zero-order valence-corrected chi connectivity index (χ0v) is 35.7. The molecule has 2 aliphatic rings. The van der Waals surface area contributed by atoms with Crippen LogP contribution in [0.2, 0.25) is 0 Å². The normalized spacial score (nSPS) is 13.5. The smallest absolute Gasteiger partial charge is 0.340 e. The van der Waals surface area contributed by atoms with Crippen molar-refractivity contribution in [2.45, 2.75) is 109 Å². The molecule has 9 rings (SSSR count). The predicted octanol–water partition coefficient (Wildman–Crippen LogP) is 12.1. The van der Waals surface area contributed by atoms with E-state index in [4.69, 9.17) is 14.5 Å². The van der Waals surface area contributed by atoms with Gasteiger partial charge in [0.05, 0.1) is 35.7 Å². The number of benzene rings is 3. The van der Waals surface area contributed by atoms with Crippen molar-refractivity contribution >= 4 is 33.7 Å². The molecule has 1 N–H and O–H groups in total. The van der Waals surface area contributed by atoms with Gasteiger partial charge >= 0.3 is 11.9 Å². The highest BCUT2D eigenvalue weighted by Gasteiger charge is 2.27. The molecule has 8 nitrogen and oxygen atoms in total. The molecule has 61 heavy (non-hydrogen) atoms. The van der Waals surface area contributed by atoms with Gasteiger partial charge in [-0.25, -0.2) is 9.59 Å². The quantitative estimate of drug-likeness (QED) is 0.0684. The highest BCUT2D eigenvalue weighted by Crippen LogP contribution is 2.41. The molecule has 0 atom stereocenters. The molecule has 314 valence electrons. The second kappa shape index (κ2) is 20.0. The number of carbonyl (C=O) groups is 2. The number of nitrogens with zero attached hydrogens (tertiary/aromatic N) is 3. The topological polar surface area (TPSA) is 99.1 Å². The van der Waals surface area contributed by atoms with Gasteiger partial charge in [-0.1, -0.05) is 69.2 Å². The summed E-state index contributed by atoms with van der Waals surface area (Å²) in [5.41, 5.74) is 11.2. The van der Waals surface area contributed by atoms with Crippen molar-refractivity contribution in [3.8, 4) is 0 Å². The number of nitrogens with one attached hydrogen (secondary N) is 1. The Bertz CT molecular complexity index is 2560. The number of aromatic nitrogens is 4. The molecule has 0 amide bonds. The molecule has 0 bridgehead atoms. The number of unbranched alkanes of at least 4 members (excludes halogenated alkanes) is 2. The molecule has 4 heterocycles. The van der Waals surface area contributed by atoms with Crippen LogP contribution >= 0.6 is 0 Å². The van der Waals surface area contributed by atoms with E-state index in [1.54, 1.807) is 0 Å². The average molecular weight is 815 g/mol. The molecule has 3 aromatic carbocycles. The minimum absolute atomic E-state index is 0.242. The van der Waals surface area contributed by atoms with Crippen molar-refractivity contribution in [2.24, 2.45) is 0 Å². The summed E-state index contributed by atoms with van der Waals surface area (Å²) in [6.07, 6.45) is 20.0. The van der Waals surface area contributed by atoms with Gasteiger partial charge in [0.25, 0.3) is 0 Å². The number of esters is 2. The number of H-pyrrole nitrogens is 1.